The van der Waals surface area contributed by atoms with Gasteiger partial charge in [-0.05, 0) is 48.8 Å². The van der Waals surface area contributed by atoms with E-state index in [1.807, 2.05) is 17.9 Å². The Kier molecular flexibility index (Phi) is 5.15. The zero-order valence-electron chi connectivity index (χ0n) is 17.8. The molecule has 31 heavy (non-hydrogen) atoms. The van der Waals surface area contributed by atoms with E-state index in [-0.39, 0.29) is 5.41 Å². The van der Waals surface area contributed by atoms with Crippen LogP contribution < -0.4 is 10.6 Å². The van der Waals surface area contributed by atoms with Gasteiger partial charge in [0.2, 0.25) is 0 Å². The fourth-order valence-electron chi connectivity index (χ4n) is 4.85. The molecule has 3 N–H and O–H groups in total. The molecule has 4 aromatic rings. The first kappa shape index (κ1) is 19.7. The van der Waals surface area contributed by atoms with Gasteiger partial charge < -0.3 is 15.6 Å². The van der Waals surface area contributed by atoms with Crippen molar-refractivity contribution >= 4 is 17.0 Å². The monoisotopic (exact) mass is 416 g/mol. The topological polar surface area (TPSA) is 102 Å². The van der Waals surface area contributed by atoms with Gasteiger partial charge in [-0.25, -0.2) is 15.0 Å². The van der Waals surface area contributed by atoms with Crippen molar-refractivity contribution in [2.45, 2.75) is 31.1 Å². The molecular formula is C23H28N8. The van der Waals surface area contributed by atoms with Crippen LogP contribution >= 0.6 is 0 Å². The molecule has 0 atom stereocenters. The minimum Gasteiger partial charge on any atom is -0.355 e. The number of aryl methyl sites for hydroxylation is 1. The minimum absolute atomic E-state index is 0.117. The number of hydrogen-bond acceptors (Lipinski definition) is 6. The molecule has 1 aromatic carbocycles. The number of rotatable bonds is 6. The number of anilines is 1. The Bertz CT molecular complexity index is 1170. The van der Waals surface area contributed by atoms with Crippen LogP contribution in [0.2, 0.25) is 0 Å². The Hall–Kier alpha value is -3.26. The van der Waals surface area contributed by atoms with Crippen molar-refractivity contribution in [1.29, 1.82) is 0 Å². The third kappa shape index (κ3) is 3.67. The summed E-state index contributed by atoms with van der Waals surface area (Å²) in [5, 5.41) is 4.34. The SMILES string of the molecule is Cn1cc(-c2cccc(C3(CCCN)CCN(c4ncnc5[nH]cnc45)CC3)c2)cn1. The lowest BCUT2D eigenvalue weighted by Crippen LogP contribution is -2.43. The predicted octanol–water partition coefficient (Wildman–Crippen LogP) is 3.03. The maximum absolute atomic E-state index is 5.93. The molecule has 0 unspecified atom stereocenters. The summed E-state index contributed by atoms with van der Waals surface area (Å²) in [7, 11) is 1.95. The van der Waals surface area contributed by atoms with Crippen molar-refractivity contribution < 1.29 is 0 Å². The number of hydrogen-bond donors (Lipinski definition) is 2. The van der Waals surface area contributed by atoms with Crippen molar-refractivity contribution in [1.82, 2.24) is 29.7 Å². The summed E-state index contributed by atoms with van der Waals surface area (Å²) in [5.74, 6) is 0.919. The first-order chi connectivity index (χ1) is 15.2. The molecule has 0 bridgehead atoms. The van der Waals surface area contributed by atoms with E-state index < -0.39 is 0 Å². The smallest absolute Gasteiger partial charge is 0.162 e. The third-order valence-corrected chi connectivity index (χ3v) is 6.59. The Morgan fingerprint density at radius 3 is 2.77 bits per heavy atom. The van der Waals surface area contributed by atoms with Crippen LogP contribution in [0.3, 0.4) is 0 Å². The molecular weight excluding hydrogens is 388 g/mol. The number of nitrogens with two attached hydrogens (primary N) is 1. The molecule has 1 aliphatic heterocycles. The molecule has 0 amide bonds. The van der Waals surface area contributed by atoms with E-state index in [0.717, 1.165) is 61.3 Å². The molecule has 4 heterocycles. The van der Waals surface area contributed by atoms with Crippen molar-refractivity contribution in [2.24, 2.45) is 12.8 Å². The van der Waals surface area contributed by atoms with Gasteiger partial charge in [-0.15, -0.1) is 0 Å². The van der Waals surface area contributed by atoms with Crippen LogP contribution in [0.5, 0.6) is 0 Å². The summed E-state index contributed by atoms with van der Waals surface area (Å²) in [6.07, 6.45) is 11.5. The number of piperidine rings is 1. The molecule has 8 nitrogen and oxygen atoms in total. The van der Waals surface area contributed by atoms with E-state index in [1.165, 1.54) is 11.1 Å². The number of aromatic amines is 1. The van der Waals surface area contributed by atoms with Gasteiger partial charge >= 0.3 is 0 Å². The van der Waals surface area contributed by atoms with Crippen molar-refractivity contribution in [2.75, 3.05) is 24.5 Å². The average molecular weight is 417 g/mol. The molecule has 0 radical (unpaired) electrons. The van der Waals surface area contributed by atoms with Crippen molar-refractivity contribution in [3.05, 3.63) is 54.9 Å². The number of H-pyrrole nitrogens is 1. The quantitative estimate of drug-likeness (QED) is 0.501. The van der Waals surface area contributed by atoms with Gasteiger partial charge in [0.25, 0.3) is 0 Å². The maximum Gasteiger partial charge on any atom is 0.162 e. The van der Waals surface area contributed by atoms with E-state index in [1.54, 1.807) is 12.7 Å². The normalized spacial score (nSPS) is 16.1. The molecule has 0 spiro atoms. The summed E-state index contributed by atoms with van der Waals surface area (Å²) in [5.41, 5.74) is 11.4. The number of benzene rings is 1. The zero-order chi connectivity index (χ0) is 21.3. The summed E-state index contributed by atoms with van der Waals surface area (Å²) in [6, 6.07) is 8.97. The lowest BCUT2D eigenvalue weighted by atomic mass is 9.69. The molecule has 0 aliphatic carbocycles. The van der Waals surface area contributed by atoms with Crippen LogP contribution in [0.4, 0.5) is 5.82 Å². The van der Waals surface area contributed by atoms with Gasteiger partial charge in [0.1, 0.15) is 11.8 Å². The molecule has 0 saturated carbocycles. The highest BCUT2D eigenvalue weighted by Crippen LogP contribution is 2.42. The highest BCUT2D eigenvalue weighted by molar-refractivity contribution is 5.82. The average Bonchev–Trinajstić information content (AvgIpc) is 3.47. The first-order valence-corrected chi connectivity index (χ1v) is 10.9. The zero-order valence-corrected chi connectivity index (χ0v) is 17.8. The summed E-state index contributed by atoms with van der Waals surface area (Å²) >= 11 is 0. The van der Waals surface area contributed by atoms with Gasteiger partial charge in [0, 0.05) is 31.9 Å². The lowest BCUT2D eigenvalue weighted by molar-refractivity contribution is 0.303. The van der Waals surface area contributed by atoms with E-state index in [2.05, 4.69) is 60.4 Å². The molecule has 1 fully saturated rings. The number of aromatic nitrogens is 6. The molecule has 8 heteroatoms. The second-order valence-electron chi connectivity index (χ2n) is 8.44. The highest BCUT2D eigenvalue weighted by atomic mass is 15.2. The molecule has 1 aliphatic rings. The van der Waals surface area contributed by atoms with E-state index in [9.17, 15) is 0 Å². The Morgan fingerprint density at radius 1 is 1.13 bits per heavy atom. The molecule has 1 saturated heterocycles. The largest absolute Gasteiger partial charge is 0.355 e. The predicted molar refractivity (Wildman–Crippen MR) is 122 cm³/mol. The second kappa shape index (κ2) is 8.11. The standard InChI is InChI=1S/C23H28N8/c1-30-14-18(13-29-30)17-4-2-5-19(12-17)23(6-3-9-24)7-10-31(11-8-23)22-20-21(26-15-25-20)27-16-28-22/h2,4-5,12-16H,3,6-11,24H2,1H3,(H,25,26,27,28). The maximum atomic E-state index is 5.93. The molecule has 160 valence electrons. The number of imidazole rings is 1. The summed E-state index contributed by atoms with van der Waals surface area (Å²) in [4.78, 5) is 18.7. The van der Waals surface area contributed by atoms with Crippen LogP contribution in [-0.4, -0.2) is 49.4 Å². The molecule has 3 aromatic heterocycles. The second-order valence-corrected chi connectivity index (χ2v) is 8.44. The van der Waals surface area contributed by atoms with Crippen LogP contribution in [0.15, 0.2) is 49.3 Å². The summed E-state index contributed by atoms with van der Waals surface area (Å²) in [6.45, 7) is 2.58. The van der Waals surface area contributed by atoms with Crippen LogP contribution in [0.1, 0.15) is 31.2 Å². The van der Waals surface area contributed by atoms with Crippen molar-refractivity contribution in [3.8, 4) is 11.1 Å². The van der Waals surface area contributed by atoms with E-state index >= 15 is 0 Å². The van der Waals surface area contributed by atoms with Gasteiger partial charge in [-0.3, -0.25) is 4.68 Å². The van der Waals surface area contributed by atoms with Gasteiger partial charge in [0.05, 0.1) is 12.5 Å². The Balaban J connectivity index is 1.44. The van der Waals surface area contributed by atoms with Crippen LogP contribution in [0, 0.1) is 0 Å². The van der Waals surface area contributed by atoms with Gasteiger partial charge in [0.15, 0.2) is 11.5 Å². The fraction of sp³-hybridized carbons (Fsp3) is 0.391. The molecule has 5 rings (SSSR count). The summed E-state index contributed by atoms with van der Waals surface area (Å²) < 4.78 is 1.85. The van der Waals surface area contributed by atoms with Crippen LogP contribution in [-0.2, 0) is 12.5 Å². The Labute approximate surface area is 181 Å². The fourth-order valence-corrected chi connectivity index (χ4v) is 4.85. The lowest BCUT2D eigenvalue weighted by Gasteiger charge is -2.43. The minimum atomic E-state index is 0.117. The number of nitrogens with zero attached hydrogens (tertiary/aromatic N) is 6. The van der Waals surface area contributed by atoms with Gasteiger partial charge in [-0.2, -0.15) is 5.10 Å². The third-order valence-electron chi connectivity index (χ3n) is 6.59. The number of nitrogens with one attached hydrogen (secondary N) is 1. The number of fused-ring (bicyclic) bond motifs is 1. The van der Waals surface area contributed by atoms with E-state index in [4.69, 9.17) is 5.73 Å². The van der Waals surface area contributed by atoms with Crippen LogP contribution in [0.25, 0.3) is 22.3 Å². The first-order valence-electron chi connectivity index (χ1n) is 10.9. The highest BCUT2D eigenvalue weighted by Gasteiger charge is 2.36. The van der Waals surface area contributed by atoms with Crippen molar-refractivity contribution in [3.63, 3.8) is 0 Å². The van der Waals surface area contributed by atoms with Gasteiger partial charge in [-0.1, -0.05) is 24.3 Å². The van der Waals surface area contributed by atoms with E-state index in [0.29, 0.717) is 6.54 Å². The Morgan fingerprint density at radius 2 is 2.00 bits per heavy atom.